The Morgan fingerprint density at radius 2 is 1.68 bits per heavy atom. The predicted molar refractivity (Wildman–Crippen MR) is 108 cm³/mol. The topological polar surface area (TPSA) is 39.3 Å². The summed E-state index contributed by atoms with van der Waals surface area (Å²) in [5.41, 5.74) is 2.44. The van der Waals surface area contributed by atoms with Crippen molar-refractivity contribution >= 4 is 16.3 Å². The Hall–Kier alpha value is -3.73. The molecule has 0 saturated carbocycles. The van der Waals surface area contributed by atoms with E-state index in [-0.39, 0.29) is 17.9 Å². The summed E-state index contributed by atoms with van der Waals surface area (Å²) in [7, 11) is 0. The Bertz CT molecular complexity index is 1380. The van der Waals surface area contributed by atoms with Crippen LogP contribution in [0.25, 0.3) is 27.5 Å². The van der Waals surface area contributed by atoms with Crippen LogP contribution in [0.15, 0.2) is 90.0 Å². The third-order valence-corrected chi connectivity index (χ3v) is 4.97. The molecule has 136 valence electrons. The van der Waals surface area contributed by atoms with Crippen molar-refractivity contribution < 1.29 is 4.39 Å². The largest absolute Gasteiger partial charge is 0.308 e. The van der Waals surface area contributed by atoms with Crippen molar-refractivity contribution in [1.82, 2.24) is 14.2 Å². The van der Waals surface area contributed by atoms with Crippen LogP contribution < -0.4 is 5.56 Å². The van der Waals surface area contributed by atoms with Gasteiger partial charge in [0.15, 0.2) is 0 Å². The molecule has 4 nitrogen and oxygen atoms in total. The van der Waals surface area contributed by atoms with Crippen molar-refractivity contribution in [2.45, 2.75) is 6.54 Å². The summed E-state index contributed by atoms with van der Waals surface area (Å²) >= 11 is 0. The molecule has 3 aromatic carbocycles. The van der Waals surface area contributed by atoms with E-state index in [2.05, 4.69) is 17.2 Å². The molecule has 0 amide bonds. The molecule has 0 bridgehead atoms. The number of hydrogen-bond acceptors (Lipinski definition) is 2. The molecule has 0 spiro atoms. The molecule has 5 heteroatoms. The van der Waals surface area contributed by atoms with E-state index in [0.717, 1.165) is 22.0 Å². The molecule has 0 aliphatic heterocycles. The molecule has 0 fully saturated rings. The van der Waals surface area contributed by atoms with E-state index in [1.807, 2.05) is 30.3 Å². The Morgan fingerprint density at radius 3 is 2.57 bits per heavy atom. The maximum absolute atomic E-state index is 14.0. The zero-order chi connectivity index (χ0) is 19.1. The molecule has 0 radical (unpaired) electrons. The zero-order valence-electron chi connectivity index (χ0n) is 14.9. The fourth-order valence-corrected chi connectivity index (χ4v) is 3.54. The summed E-state index contributed by atoms with van der Waals surface area (Å²) in [6.07, 6.45) is 3.37. The third kappa shape index (κ3) is 2.68. The van der Waals surface area contributed by atoms with Gasteiger partial charge in [0.1, 0.15) is 11.3 Å². The first kappa shape index (κ1) is 16.4. The molecule has 0 N–H and O–H groups in total. The average Bonchev–Trinajstić information content (AvgIpc) is 3.16. The van der Waals surface area contributed by atoms with Crippen LogP contribution in [0.1, 0.15) is 5.56 Å². The SMILES string of the molecule is O=c1c2cc(-c3cccc4ccccc34)nn2ccn1Cc1ccccc1F. The van der Waals surface area contributed by atoms with Crippen LogP contribution in [0.2, 0.25) is 0 Å². The lowest BCUT2D eigenvalue weighted by Crippen LogP contribution is -2.22. The van der Waals surface area contributed by atoms with Crippen molar-refractivity contribution in [3.63, 3.8) is 0 Å². The first-order valence-electron chi connectivity index (χ1n) is 9.01. The lowest BCUT2D eigenvalue weighted by Gasteiger charge is -2.06. The van der Waals surface area contributed by atoms with Gasteiger partial charge in [-0.15, -0.1) is 0 Å². The van der Waals surface area contributed by atoms with Gasteiger partial charge in [0.25, 0.3) is 5.56 Å². The Morgan fingerprint density at radius 1 is 0.893 bits per heavy atom. The van der Waals surface area contributed by atoms with Crippen molar-refractivity contribution in [2.75, 3.05) is 0 Å². The molecule has 5 rings (SSSR count). The molecular weight excluding hydrogens is 353 g/mol. The summed E-state index contributed by atoms with van der Waals surface area (Å²) in [5, 5.41) is 6.79. The first-order valence-corrected chi connectivity index (χ1v) is 9.01. The fourth-order valence-electron chi connectivity index (χ4n) is 3.54. The van der Waals surface area contributed by atoms with E-state index in [9.17, 15) is 9.18 Å². The van der Waals surface area contributed by atoms with Crippen LogP contribution in [-0.4, -0.2) is 14.2 Å². The van der Waals surface area contributed by atoms with Crippen LogP contribution in [0.3, 0.4) is 0 Å². The van der Waals surface area contributed by atoms with Gasteiger partial charge < -0.3 is 4.57 Å². The predicted octanol–water partition coefficient (Wildman–Crippen LogP) is 4.50. The Labute approximate surface area is 160 Å². The minimum atomic E-state index is -0.320. The van der Waals surface area contributed by atoms with Crippen LogP contribution in [0, 0.1) is 5.82 Å². The van der Waals surface area contributed by atoms with E-state index in [1.54, 1.807) is 41.2 Å². The number of nitrogens with zero attached hydrogens (tertiary/aromatic N) is 3. The number of aromatic nitrogens is 3. The number of rotatable bonds is 3. The molecule has 0 saturated heterocycles. The quantitative estimate of drug-likeness (QED) is 0.470. The summed E-state index contributed by atoms with van der Waals surface area (Å²) in [6, 6.07) is 22.4. The molecule has 0 aliphatic rings. The molecule has 0 aliphatic carbocycles. The van der Waals surface area contributed by atoms with Gasteiger partial charge in [-0.3, -0.25) is 4.79 Å². The van der Waals surface area contributed by atoms with Crippen molar-refractivity contribution in [1.29, 1.82) is 0 Å². The summed E-state index contributed by atoms with van der Waals surface area (Å²) in [5.74, 6) is -0.320. The summed E-state index contributed by atoms with van der Waals surface area (Å²) in [6.45, 7) is 0.177. The van der Waals surface area contributed by atoms with Gasteiger partial charge in [-0.1, -0.05) is 60.7 Å². The number of fused-ring (bicyclic) bond motifs is 2. The number of benzene rings is 3. The second-order valence-corrected chi connectivity index (χ2v) is 6.71. The fraction of sp³-hybridized carbons (Fsp3) is 0.0435. The van der Waals surface area contributed by atoms with Gasteiger partial charge in [-0.25, -0.2) is 8.91 Å². The summed E-state index contributed by atoms with van der Waals surface area (Å²) < 4.78 is 17.0. The van der Waals surface area contributed by atoms with Crippen LogP contribution in [0.5, 0.6) is 0 Å². The maximum atomic E-state index is 14.0. The molecule has 28 heavy (non-hydrogen) atoms. The second-order valence-electron chi connectivity index (χ2n) is 6.71. The van der Waals surface area contributed by atoms with Gasteiger partial charge in [0.05, 0.1) is 12.2 Å². The lowest BCUT2D eigenvalue weighted by atomic mass is 10.0. The lowest BCUT2D eigenvalue weighted by molar-refractivity contribution is 0.595. The zero-order valence-corrected chi connectivity index (χ0v) is 14.9. The number of hydrogen-bond donors (Lipinski definition) is 0. The molecule has 2 aromatic heterocycles. The van der Waals surface area contributed by atoms with Crippen molar-refractivity contribution in [3.8, 4) is 11.3 Å². The highest BCUT2D eigenvalue weighted by molar-refractivity contribution is 5.96. The minimum absolute atomic E-state index is 0.177. The van der Waals surface area contributed by atoms with Gasteiger partial charge in [-0.05, 0) is 22.9 Å². The first-order chi connectivity index (χ1) is 13.7. The number of halogens is 1. The highest BCUT2D eigenvalue weighted by Crippen LogP contribution is 2.27. The molecular formula is C23H16FN3O. The van der Waals surface area contributed by atoms with Gasteiger partial charge >= 0.3 is 0 Å². The highest BCUT2D eigenvalue weighted by atomic mass is 19.1. The van der Waals surface area contributed by atoms with Gasteiger partial charge in [-0.2, -0.15) is 5.10 Å². The van der Waals surface area contributed by atoms with Gasteiger partial charge in [0, 0.05) is 23.5 Å². The monoisotopic (exact) mass is 369 g/mol. The summed E-state index contributed by atoms with van der Waals surface area (Å²) in [4.78, 5) is 12.9. The van der Waals surface area contributed by atoms with Crippen LogP contribution in [0.4, 0.5) is 4.39 Å². The Balaban J connectivity index is 1.63. The Kier molecular flexibility index (Phi) is 3.79. The van der Waals surface area contributed by atoms with E-state index < -0.39 is 0 Å². The second kappa shape index (κ2) is 6.46. The minimum Gasteiger partial charge on any atom is -0.308 e. The average molecular weight is 369 g/mol. The normalized spacial score (nSPS) is 11.3. The highest BCUT2D eigenvalue weighted by Gasteiger charge is 2.12. The van der Waals surface area contributed by atoms with Crippen LogP contribution >= 0.6 is 0 Å². The van der Waals surface area contributed by atoms with Gasteiger partial charge in [0.2, 0.25) is 0 Å². The van der Waals surface area contributed by atoms with E-state index in [4.69, 9.17) is 0 Å². The molecule has 2 heterocycles. The third-order valence-electron chi connectivity index (χ3n) is 4.97. The van der Waals surface area contributed by atoms with E-state index in [1.165, 1.54) is 10.6 Å². The molecule has 0 atom stereocenters. The van der Waals surface area contributed by atoms with E-state index in [0.29, 0.717) is 11.1 Å². The standard InChI is InChI=1S/C23H16FN3O/c24-20-11-4-2-7-17(20)15-26-12-13-27-22(23(26)28)14-21(25-27)19-10-5-8-16-6-1-3-9-18(16)19/h1-14H,15H2. The smallest absolute Gasteiger partial charge is 0.276 e. The van der Waals surface area contributed by atoms with Crippen molar-refractivity contribution in [2.24, 2.45) is 0 Å². The molecule has 0 unspecified atom stereocenters. The van der Waals surface area contributed by atoms with Crippen molar-refractivity contribution in [3.05, 3.63) is 107 Å². The van der Waals surface area contributed by atoms with E-state index >= 15 is 0 Å². The van der Waals surface area contributed by atoms with Crippen LogP contribution in [-0.2, 0) is 6.54 Å². The molecule has 5 aromatic rings. The maximum Gasteiger partial charge on any atom is 0.276 e.